The van der Waals surface area contributed by atoms with Gasteiger partial charge in [0.05, 0.1) is 0 Å². The number of hydrogen-bond donors (Lipinski definition) is 6. The molecule has 8 heteroatoms. The summed E-state index contributed by atoms with van der Waals surface area (Å²) >= 11 is 4.20. The van der Waals surface area contributed by atoms with E-state index in [9.17, 15) is 9.59 Å². The van der Waals surface area contributed by atoms with Crippen LogP contribution in [0.3, 0.4) is 0 Å². The zero-order chi connectivity index (χ0) is 20.8. The van der Waals surface area contributed by atoms with Crippen LogP contribution in [0.5, 0.6) is 0 Å². The molecule has 0 saturated heterocycles. The summed E-state index contributed by atoms with van der Waals surface area (Å²) in [4.78, 5) is 23.7. The largest absolute Gasteiger partial charge is 0.480 e. The zero-order valence-electron chi connectivity index (χ0n) is 16.8. The second-order valence-corrected chi connectivity index (χ2v) is 7.30. The van der Waals surface area contributed by atoms with E-state index in [-0.39, 0.29) is 31.0 Å². The van der Waals surface area contributed by atoms with Gasteiger partial charge in [-0.1, -0.05) is 39.7 Å². The Balaban J connectivity index is 5.12. The summed E-state index contributed by atoms with van der Waals surface area (Å²) in [5.74, 6) is -0.526. The first-order valence-electron chi connectivity index (χ1n) is 9.73. The fraction of sp³-hybridized carbons (Fsp3) is 0.789. The van der Waals surface area contributed by atoms with Gasteiger partial charge in [-0.05, 0) is 18.8 Å². The summed E-state index contributed by atoms with van der Waals surface area (Å²) in [6.07, 6.45) is 4.89. The molecule has 0 aliphatic rings. The Hall–Kier alpha value is -1.09. The molecule has 0 aromatic heterocycles. The van der Waals surface area contributed by atoms with Gasteiger partial charge in [0.1, 0.15) is 6.04 Å². The van der Waals surface area contributed by atoms with Crippen LogP contribution in [0, 0.1) is 5.92 Å². The molecule has 0 aliphatic carbocycles. The number of aliphatic carboxylic acids is 1. The lowest BCUT2D eigenvalue weighted by Gasteiger charge is -2.25. The number of hydrogen-bond acceptors (Lipinski definition) is 6. The molecule has 0 unspecified atom stereocenters. The summed E-state index contributed by atoms with van der Waals surface area (Å²) in [6.45, 7) is 6.60. The topological polar surface area (TPSA) is 125 Å². The predicted molar refractivity (Wildman–Crippen MR) is 112 cm³/mol. The van der Waals surface area contributed by atoms with Gasteiger partial charge in [-0.2, -0.15) is 12.6 Å². The van der Waals surface area contributed by atoms with E-state index in [1.807, 2.05) is 13.0 Å². The van der Waals surface area contributed by atoms with Gasteiger partial charge in [-0.15, -0.1) is 0 Å². The zero-order valence-corrected chi connectivity index (χ0v) is 17.7. The number of thiol groups is 1. The van der Waals surface area contributed by atoms with E-state index in [2.05, 4.69) is 37.1 Å². The van der Waals surface area contributed by atoms with Crippen molar-refractivity contribution >= 4 is 24.5 Å². The van der Waals surface area contributed by atoms with Crippen LogP contribution in [0.25, 0.3) is 0 Å². The monoisotopic (exact) mass is 403 g/mol. The van der Waals surface area contributed by atoms with Gasteiger partial charge in [-0.25, -0.2) is 4.79 Å². The molecule has 0 radical (unpaired) electrons. The van der Waals surface area contributed by atoms with Gasteiger partial charge in [0.25, 0.3) is 0 Å². The Labute approximate surface area is 168 Å². The van der Waals surface area contributed by atoms with Crippen LogP contribution < -0.4 is 16.4 Å². The van der Waals surface area contributed by atoms with Gasteiger partial charge in [0.15, 0.2) is 0 Å². The van der Waals surface area contributed by atoms with Gasteiger partial charge >= 0.3 is 5.97 Å². The predicted octanol–water partition coefficient (Wildman–Crippen LogP) is 1.32. The molecule has 0 spiro atoms. The summed E-state index contributed by atoms with van der Waals surface area (Å²) in [7, 11) is 0. The van der Waals surface area contributed by atoms with E-state index in [0.717, 1.165) is 12.8 Å². The molecule has 27 heavy (non-hydrogen) atoms. The summed E-state index contributed by atoms with van der Waals surface area (Å²) in [6, 6.07) is -0.940. The molecular weight excluding hydrogens is 366 g/mol. The summed E-state index contributed by atoms with van der Waals surface area (Å²) in [5, 5.41) is 24.1. The second kappa shape index (κ2) is 14.9. The third-order valence-electron chi connectivity index (χ3n) is 4.66. The first-order chi connectivity index (χ1) is 12.8. The Kier molecular flexibility index (Phi) is 14.3. The van der Waals surface area contributed by atoms with Crippen molar-refractivity contribution in [1.82, 2.24) is 10.6 Å². The average molecular weight is 404 g/mol. The smallest absolute Gasteiger partial charge is 0.326 e. The van der Waals surface area contributed by atoms with E-state index in [1.165, 1.54) is 0 Å². The fourth-order valence-electron chi connectivity index (χ4n) is 2.65. The van der Waals surface area contributed by atoms with E-state index in [1.54, 1.807) is 0 Å². The molecule has 0 aliphatic heterocycles. The van der Waals surface area contributed by atoms with Crippen molar-refractivity contribution in [2.75, 3.05) is 18.9 Å². The maximum Gasteiger partial charge on any atom is 0.326 e. The van der Waals surface area contributed by atoms with Gasteiger partial charge in [0.2, 0.25) is 5.91 Å². The normalized spacial score (nSPS) is 16.4. The standard InChI is InChI=1S/C19H37N3O4S/c1-4-6-14(18(24)22-17(9-10-23)19(25)26)7-8-16(13(3)5-2)21-11-15(20)12-27/h7,13,15-17,21,23,27H,4-6,8-12,20H2,1-3H3,(H,22,24)(H,25,26)/t13-,15+,16-,17+/m0/s1. The molecule has 0 saturated carbocycles. The minimum atomic E-state index is -1.15. The van der Waals surface area contributed by atoms with Crippen molar-refractivity contribution < 1.29 is 19.8 Å². The number of carboxylic acid groups (broad SMARTS) is 1. The van der Waals surface area contributed by atoms with Crippen LogP contribution in [0.4, 0.5) is 0 Å². The van der Waals surface area contributed by atoms with Crippen LogP contribution in [0.15, 0.2) is 11.6 Å². The molecule has 7 nitrogen and oxygen atoms in total. The molecule has 0 bridgehead atoms. The molecular formula is C19H37N3O4S. The molecule has 0 rings (SSSR count). The molecule has 0 aromatic carbocycles. The van der Waals surface area contributed by atoms with Crippen molar-refractivity contribution in [2.24, 2.45) is 11.7 Å². The third kappa shape index (κ3) is 10.7. The highest BCUT2D eigenvalue weighted by Gasteiger charge is 2.22. The molecule has 4 atom stereocenters. The second-order valence-electron chi connectivity index (χ2n) is 6.93. The first-order valence-corrected chi connectivity index (χ1v) is 10.4. The Morgan fingerprint density at radius 1 is 1.30 bits per heavy atom. The highest BCUT2D eigenvalue weighted by molar-refractivity contribution is 7.80. The molecule has 1 amide bonds. The lowest BCUT2D eigenvalue weighted by atomic mass is 9.94. The van der Waals surface area contributed by atoms with Crippen LogP contribution in [0.1, 0.15) is 52.9 Å². The Morgan fingerprint density at radius 2 is 1.96 bits per heavy atom. The molecule has 158 valence electrons. The Morgan fingerprint density at radius 3 is 2.44 bits per heavy atom. The minimum Gasteiger partial charge on any atom is -0.480 e. The van der Waals surface area contributed by atoms with E-state index in [4.69, 9.17) is 15.9 Å². The number of aliphatic hydroxyl groups excluding tert-OH is 1. The maximum atomic E-state index is 12.5. The first kappa shape index (κ1) is 25.9. The van der Waals surface area contributed by atoms with E-state index >= 15 is 0 Å². The quantitative estimate of drug-likeness (QED) is 0.181. The van der Waals surface area contributed by atoms with Crippen LogP contribution in [-0.2, 0) is 9.59 Å². The maximum absolute atomic E-state index is 12.5. The van der Waals surface area contributed by atoms with Gasteiger partial charge in [-0.3, -0.25) is 4.79 Å². The summed E-state index contributed by atoms with van der Waals surface area (Å²) < 4.78 is 0. The van der Waals surface area contributed by atoms with Crippen LogP contribution in [-0.4, -0.2) is 59.1 Å². The average Bonchev–Trinajstić information content (AvgIpc) is 2.65. The molecule has 0 fully saturated rings. The highest BCUT2D eigenvalue weighted by atomic mass is 32.1. The van der Waals surface area contributed by atoms with Gasteiger partial charge in [0, 0.05) is 43.0 Å². The van der Waals surface area contributed by atoms with Crippen molar-refractivity contribution in [2.45, 2.75) is 71.0 Å². The Bertz CT molecular complexity index is 474. The lowest BCUT2D eigenvalue weighted by molar-refractivity contribution is -0.141. The number of rotatable bonds is 15. The third-order valence-corrected chi connectivity index (χ3v) is 5.13. The van der Waals surface area contributed by atoms with Crippen molar-refractivity contribution in [3.05, 3.63) is 11.6 Å². The number of nitrogens with two attached hydrogens (primary N) is 1. The van der Waals surface area contributed by atoms with Crippen molar-refractivity contribution in [3.8, 4) is 0 Å². The van der Waals surface area contributed by atoms with Crippen LogP contribution in [0.2, 0.25) is 0 Å². The molecule has 6 N–H and O–H groups in total. The van der Waals surface area contributed by atoms with E-state index < -0.39 is 12.0 Å². The van der Waals surface area contributed by atoms with Crippen molar-refractivity contribution in [1.29, 1.82) is 0 Å². The number of carbonyl (C=O) groups excluding carboxylic acids is 1. The SMILES string of the molecule is CCCC(=CC[C@H](NC[C@@H](N)CS)[C@@H](C)CC)C(=O)N[C@H](CCO)C(=O)O. The fourth-order valence-corrected chi connectivity index (χ4v) is 2.78. The van der Waals surface area contributed by atoms with Gasteiger partial charge < -0.3 is 26.6 Å². The number of amides is 1. The van der Waals surface area contributed by atoms with E-state index in [0.29, 0.717) is 36.6 Å². The lowest BCUT2D eigenvalue weighted by Crippen LogP contribution is -2.43. The van der Waals surface area contributed by atoms with Crippen molar-refractivity contribution in [3.63, 3.8) is 0 Å². The number of aliphatic hydroxyl groups is 1. The molecule has 0 aromatic rings. The number of nitrogens with one attached hydrogen (secondary N) is 2. The molecule has 0 heterocycles. The number of carbonyl (C=O) groups is 2. The minimum absolute atomic E-state index is 0.0147. The highest BCUT2D eigenvalue weighted by Crippen LogP contribution is 2.15. The summed E-state index contributed by atoms with van der Waals surface area (Å²) in [5.41, 5.74) is 6.51. The number of carboxylic acids is 1. The van der Waals surface area contributed by atoms with Crippen LogP contribution >= 0.6 is 12.6 Å².